The normalized spacial score (nSPS) is 12.0. The van der Waals surface area contributed by atoms with E-state index in [9.17, 15) is 4.79 Å². The van der Waals surface area contributed by atoms with Crippen LogP contribution in [-0.4, -0.2) is 26.5 Å². The minimum Gasteiger partial charge on any atom is -0.497 e. The van der Waals surface area contributed by atoms with Crippen LogP contribution in [0, 0.1) is 5.92 Å². The molecule has 1 aromatic rings. The predicted molar refractivity (Wildman–Crippen MR) is 85.2 cm³/mol. The van der Waals surface area contributed by atoms with Crippen molar-refractivity contribution in [1.82, 2.24) is 0 Å². The van der Waals surface area contributed by atoms with Crippen LogP contribution in [0.15, 0.2) is 18.2 Å². The Labute approximate surface area is 127 Å². The average molecular weight is 293 g/mol. The van der Waals surface area contributed by atoms with Crippen LogP contribution < -0.4 is 15.2 Å². The molecule has 1 unspecified atom stereocenters. The maximum atomic E-state index is 12.4. The van der Waals surface area contributed by atoms with Crippen LogP contribution in [0.4, 0.5) is 0 Å². The van der Waals surface area contributed by atoms with Crippen LogP contribution in [-0.2, 0) is 0 Å². The van der Waals surface area contributed by atoms with Crippen molar-refractivity contribution in [2.24, 2.45) is 11.7 Å². The Morgan fingerprint density at radius 2 is 1.95 bits per heavy atom. The van der Waals surface area contributed by atoms with E-state index in [1.165, 1.54) is 0 Å². The van der Waals surface area contributed by atoms with E-state index >= 15 is 0 Å². The first-order valence-corrected chi connectivity index (χ1v) is 7.61. The molecule has 0 spiro atoms. The number of benzene rings is 1. The monoisotopic (exact) mass is 293 g/mol. The number of ketones is 1. The van der Waals surface area contributed by atoms with E-state index in [4.69, 9.17) is 15.2 Å². The summed E-state index contributed by atoms with van der Waals surface area (Å²) in [6, 6.07) is 5.31. The Morgan fingerprint density at radius 1 is 1.19 bits per heavy atom. The maximum Gasteiger partial charge on any atom is 0.166 e. The minimum atomic E-state index is 0.118. The molecular weight excluding hydrogens is 266 g/mol. The SMILES string of the molecule is CCCC(CCN)CCC(=O)c1ccc(OC)cc1OC. The van der Waals surface area contributed by atoms with Crippen LogP contribution in [0.3, 0.4) is 0 Å². The topological polar surface area (TPSA) is 61.6 Å². The third-order valence-electron chi connectivity index (χ3n) is 3.76. The summed E-state index contributed by atoms with van der Waals surface area (Å²) in [6.45, 7) is 2.85. The number of methoxy groups -OCH3 is 2. The summed E-state index contributed by atoms with van der Waals surface area (Å²) in [5.41, 5.74) is 6.26. The number of ether oxygens (including phenoxy) is 2. The fourth-order valence-electron chi connectivity index (χ4n) is 2.58. The Balaban J connectivity index is 2.70. The van der Waals surface area contributed by atoms with E-state index in [1.807, 2.05) is 0 Å². The molecule has 1 aromatic carbocycles. The van der Waals surface area contributed by atoms with E-state index < -0.39 is 0 Å². The lowest BCUT2D eigenvalue weighted by Crippen LogP contribution is -2.11. The van der Waals surface area contributed by atoms with Gasteiger partial charge in [0.2, 0.25) is 0 Å². The molecule has 21 heavy (non-hydrogen) atoms. The fourth-order valence-corrected chi connectivity index (χ4v) is 2.58. The first-order chi connectivity index (χ1) is 10.2. The number of carbonyl (C=O) groups excluding carboxylic acids is 1. The minimum absolute atomic E-state index is 0.118. The molecule has 0 saturated carbocycles. The van der Waals surface area contributed by atoms with Gasteiger partial charge in [0.1, 0.15) is 11.5 Å². The molecule has 118 valence electrons. The van der Waals surface area contributed by atoms with Crippen LogP contribution in [0.2, 0.25) is 0 Å². The molecule has 0 aliphatic heterocycles. The van der Waals surface area contributed by atoms with Crippen molar-refractivity contribution in [1.29, 1.82) is 0 Å². The number of rotatable bonds is 10. The van der Waals surface area contributed by atoms with Crippen molar-refractivity contribution >= 4 is 5.78 Å². The molecule has 0 aromatic heterocycles. The third kappa shape index (κ3) is 5.38. The number of hydrogen-bond donors (Lipinski definition) is 1. The van der Waals surface area contributed by atoms with Gasteiger partial charge in [-0.3, -0.25) is 4.79 Å². The van der Waals surface area contributed by atoms with Crippen LogP contribution >= 0.6 is 0 Å². The van der Waals surface area contributed by atoms with Gasteiger partial charge in [-0.1, -0.05) is 19.8 Å². The summed E-state index contributed by atoms with van der Waals surface area (Å²) in [6.07, 6.45) is 4.67. The highest BCUT2D eigenvalue weighted by molar-refractivity contribution is 5.98. The van der Waals surface area contributed by atoms with Crippen molar-refractivity contribution in [3.63, 3.8) is 0 Å². The summed E-state index contributed by atoms with van der Waals surface area (Å²) in [4.78, 5) is 12.4. The second kappa shape index (κ2) is 9.40. The maximum absolute atomic E-state index is 12.4. The molecule has 0 aliphatic carbocycles. The van der Waals surface area contributed by atoms with E-state index in [0.717, 1.165) is 25.7 Å². The van der Waals surface area contributed by atoms with Gasteiger partial charge in [-0.05, 0) is 37.4 Å². The van der Waals surface area contributed by atoms with E-state index in [-0.39, 0.29) is 5.78 Å². The highest BCUT2D eigenvalue weighted by atomic mass is 16.5. The highest BCUT2D eigenvalue weighted by Crippen LogP contribution is 2.27. The molecule has 4 nitrogen and oxygen atoms in total. The van der Waals surface area contributed by atoms with Gasteiger partial charge >= 0.3 is 0 Å². The van der Waals surface area contributed by atoms with Crippen molar-refractivity contribution in [2.75, 3.05) is 20.8 Å². The second-order valence-electron chi connectivity index (χ2n) is 5.26. The predicted octanol–water partition coefficient (Wildman–Crippen LogP) is 3.43. The van der Waals surface area contributed by atoms with Crippen molar-refractivity contribution < 1.29 is 14.3 Å². The van der Waals surface area contributed by atoms with Gasteiger partial charge in [-0.2, -0.15) is 0 Å². The first-order valence-electron chi connectivity index (χ1n) is 7.61. The van der Waals surface area contributed by atoms with Crippen LogP contribution in [0.1, 0.15) is 49.4 Å². The van der Waals surface area contributed by atoms with Gasteiger partial charge in [0.15, 0.2) is 5.78 Å². The lowest BCUT2D eigenvalue weighted by Gasteiger charge is -2.15. The van der Waals surface area contributed by atoms with Gasteiger partial charge in [0.25, 0.3) is 0 Å². The number of carbonyl (C=O) groups is 1. The lowest BCUT2D eigenvalue weighted by molar-refractivity contribution is 0.0969. The summed E-state index contributed by atoms with van der Waals surface area (Å²) >= 11 is 0. The van der Waals surface area contributed by atoms with Crippen LogP contribution in [0.25, 0.3) is 0 Å². The zero-order valence-corrected chi connectivity index (χ0v) is 13.4. The van der Waals surface area contributed by atoms with E-state index in [1.54, 1.807) is 32.4 Å². The zero-order valence-electron chi connectivity index (χ0n) is 13.4. The Bertz CT molecular complexity index is 440. The molecule has 0 aliphatic rings. The number of hydrogen-bond acceptors (Lipinski definition) is 4. The van der Waals surface area contributed by atoms with Crippen molar-refractivity contribution in [2.45, 2.75) is 39.0 Å². The highest BCUT2D eigenvalue weighted by Gasteiger charge is 2.15. The largest absolute Gasteiger partial charge is 0.497 e. The van der Waals surface area contributed by atoms with Gasteiger partial charge < -0.3 is 15.2 Å². The molecule has 0 radical (unpaired) electrons. The van der Waals surface area contributed by atoms with Crippen molar-refractivity contribution in [3.05, 3.63) is 23.8 Å². The van der Waals surface area contributed by atoms with Crippen molar-refractivity contribution in [3.8, 4) is 11.5 Å². The molecular formula is C17H27NO3. The van der Waals surface area contributed by atoms with E-state index in [2.05, 4.69) is 6.92 Å². The molecule has 2 N–H and O–H groups in total. The fraction of sp³-hybridized carbons (Fsp3) is 0.588. The molecule has 0 heterocycles. The smallest absolute Gasteiger partial charge is 0.166 e. The lowest BCUT2D eigenvalue weighted by atomic mass is 9.92. The van der Waals surface area contributed by atoms with Gasteiger partial charge in [-0.15, -0.1) is 0 Å². The quantitative estimate of drug-likeness (QED) is 0.671. The average Bonchev–Trinajstić information content (AvgIpc) is 2.52. The summed E-state index contributed by atoms with van der Waals surface area (Å²) in [5.74, 6) is 1.92. The molecule has 0 fully saturated rings. The second-order valence-corrected chi connectivity index (χ2v) is 5.26. The number of Topliss-reactive ketones (excluding diaryl/α,β-unsaturated/α-hetero) is 1. The Morgan fingerprint density at radius 3 is 2.52 bits per heavy atom. The molecule has 0 saturated heterocycles. The summed E-state index contributed by atoms with van der Waals surface area (Å²) in [7, 11) is 3.16. The first kappa shape index (κ1) is 17.5. The van der Waals surface area contributed by atoms with E-state index in [0.29, 0.717) is 35.9 Å². The Hall–Kier alpha value is -1.55. The van der Waals surface area contributed by atoms with Crippen LogP contribution in [0.5, 0.6) is 11.5 Å². The zero-order chi connectivity index (χ0) is 15.7. The molecule has 0 bridgehead atoms. The standard InChI is InChI=1S/C17H27NO3/c1-4-5-13(10-11-18)6-9-16(19)15-8-7-14(20-2)12-17(15)21-3/h7-8,12-13H,4-6,9-11,18H2,1-3H3. The van der Waals surface area contributed by atoms with Gasteiger partial charge in [0.05, 0.1) is 19.8 Å². The Kier molecular flexibility index (Phi) is 7.83. The molecule has 0 amide bonds. The molecule has 1 atom stereocenters. The summed E-state index contributed by atoms with van der Waals surface area (Å²) < 4.78 is 10.4. The van der Waals surface area contributed by atoms with Gasteiger partial charge in [-0.25, -0.2) is 0 Å². The molecule has 4 heteroatoms. The van der Waals surface area contributed by atoms with Gasteiger partial charge in [0, 0.05) is 12.5 Å². The molecule has 1 rings (SSSR count). The summed E-state index contributed by atoms with van der Waals surface area (Å²) in [5, 5.41) is 0. The number of nitrogens with two attached hydrogens (primary N) is 1. The third-order valence-corrected chi connectivity index (χ3v) is 3.76.